The first kappa shape index (κ1) is 18.9. The van der Waals surface area contributed by atoms with Crippen molar-refractivity contribution in [2.45, 2.75) is 13.0 Å². The van der Waals surface area contributed by atoms with Gasteiger partial charge in [0.2, 0.25) is 0 Å². The van der Waals surface area contributed by atoms with Crippen LogP contribution in [0.1, 0.15) is 22.6 Å². The van der Waals surface area contributed by atoms with Crippen LogP contribution in [0.5, 0.6) is 5.75 Å². The summed E-state index contributed by atoms with van der Waals surface area (Å²) in [5.41, 5.74) is 3.41. The lowest BCUT2D eigenvalue weighted by atomic mass is 10.1. The van der Waals surface area contributed by atoms with Crippen LogP contribution in [0.2, 0.25) is 0 Å². The summed E-state index contributed by atoms with van der Waals surface area (Å²) in [6, 6.07) is 25.3. The summed E-state index contributed by atoms with van der Waals surface area (Å²) in [7, 11) is 0. The highest BCUT2D eigenvalue weighted by atomic mass is 32.1. The molecule has 3 aromatic carbocycles. The van der Waals surface area contributed by atoms with E-state index < -0.39 is 5.97 Å². The molecule has 4 rings (SSSR count). The number of para-hydroxylation sites is 1. The fourth-order valence-corrected chi connectivity index (χ4v) is 3.97. The van der Waals surface area contributed by atoms with Gasteiger partial charge in [0.25, 0.3) is 0 Å². The molecule has 1 heterocycles. The van der Waals surface area contributed by atoms with Crippen LogP contribution in [0.25, 0.3) is 21.9 Å². The molecule has 5 heteroatoms. The topological polar surface area (TPSA) is 62.2 Å². The molecule has 0 saturated carbocycles. The third-order valence-corrected chi connectivity index (χ3v) is 5.46. The van der Waals surface area contributed by atoms with Gasteiger partial charge in [-0.05, 0) is 47.0 Å². The van der Waals surface area contributed by atoms with Gasteiger partial charge in [-0.15, -0.1) is 11.3 Å². The number of aliphatic carboxylic acids is 1. The van der Waals surface area contributed by atoms with Crippen molar-refractivity contribution in [3.05, 3.63) is 95.0 Å². The van der Waals surface area contributed by atoms with Crippen molar-refractivity contribution >= 4 is 39.2 Å². The molecule has 0 amide bonds. The predicted octanol–water partition coefficient (Wildman–Crippen LogP) is 4.56. The number of thiazole rings is 1. The van der Waals surface area contributed by atoms with Crippen molar-refractivity contribution in [3.8, 4) is 5.75 Å². The minimum Gasteiger partial charge on any atom is -0.550 e. The quantitative estimate of drug-likeness (QED) is 0.456. The van der Waals surface area contributed by atoms with Crippen LogP contribution >= 0.6 is 11.3 Å². The highest BCUT2D eigenvalue weighted by molar-refractivity contribution is 7.19. The van der Waals surface area contributed by atoms with Crippen LogP contribution < -0.4 is 9.84 Å². The van der Waals surface area contributed by atoms with Crippen LogP contribution in [0.4, 0.5) is 0 Å². The molecule has 29 heavy (non-hydrogen) atoms. The van der Waals surface area contributed by atoms with E-state index in [0.717, 1.165) is 27.1 Å². The summed E-state index contributed by atoms with van der Waals surface area (Å²) >= 11 is 1.48. The molecule has 4 nitrogen and oxygen atoms in total. The smallest absolute Gasteiger partial charge is 0.120 e. The average molecular weight is 400 g/mol. The van der Waals surface area contributed by atoms with Crippen molar-refractivity contribution in [3.63, 3.8) is 0 Å². The average Bonchev–Trinajstić information content (AvgIpc) is 3.17. The summed E-state index contributed by atoms with van der Waals surface area (Å²) in [4.78, 5) is 15.9. The number of benzene rings is 3. The molecule has 0 unspecified atom stereocenters. The van der Waals surface area contributed by atoms with Gasteiger partial charge >= 0.3 is 0 Å². The standard InChI is InChI=1S/C24H19NO3S/c26-23(27)15-19(24-25-21-11-4-5-12-22(21)29-24)13-18-9-6-10-20(14-18)28-16-17-7-2-1-3-8-17/h1-14H,15-16H2,(H,26,27)/p-1/b19-13+. The zero-order valence-electron chi connectivity index (χ0n) is 15.6. The van der Waals surface area contributed by atoms with E-state index in [2.05, 4.69) is 4.98 Å². The summed E-state index contributed by atoms with van der Waals surface area (Å²) < 4.78 is 6.90. The molecule has 144 valence electrons. The van der Waals surface area contributed by atoms with E-state index in [-0.39, 0.29) is 6.42 Å². The number of hydrogen-bond donors (Lipinski definition) is 0. The van der Waals surface area contributed by atoms with E-state index in [0.29, 0.717) is 17.2 Å². The highest BCUT2D eigenvalue weighted by Crippen LogP contribution is 2.30. The van der Waals surface area contributed by atoms with Crippen LogP contribution in [-0.4, -0.2) is 11.0 Å². The number of aromatic nitrogens is 1. The van der Waals surface area contributed by atoms with E-state index >= 15 is 0 Å². The normalized spacial score (nSPS) is 11.5. The van der Waals surface area contributed by atoms with E-state index in [1.54, 1.807) is 0 Å². The molecule has 0 radical (unpaired) electrons. The van der Waals surface area contributed by atoms with Crippen LogP contribution in [0.3, 0.4) is 0 Å². The van der Waals surface area contributed by atoms with Crippen molar-refractivity contribution in [1.29, 1.82) is 0 Å². The molecule has 1 aromatic heterocycles. The number of carboxylic acids is 1. The van der Waals surface area contributed by atoms with Gasteiger partial charge in [-0.1, -0.05) is 54.6 Å². The monoisotopic (exact) mass is 400 g/mol. The molecule has 0 N–H and O–H groups in total. The lowest BCUT2D eigenvalue weighted by Crippen LogP contribution is -2.22. The Morgan fingerprint density at radius 2 is 1.79 bits per heavy atom. The Hall–Kier alpha value is -3.44. The number of carboxylic acid groups (broad SMARTS) is 1. The first-order valence-corrected chi connectivity index (χ1v) is 10.0. The van der Waals surface area contributed by atoms with Crippen molar-refractivity contribution in [2.24, 2.45) is 0 Å². The maximum absolute atomic E-state index is 11.3. The first-order valence-electron chi connectivity index (χ1n) is 9.20. The number of nitrogens with zero attached hydrogens (tertiary/aromatic N) is 1. The lowest BCUT2D eigenvalue weighted by Gasteiger charge is -2.09. The Labute approximate surface area is 172 Å². The van der Waals surface area contributed by atoms with Gasteiger partial charge in [-0.25, -0.2) is 4.98 Å². The Kier molecular flexibility index (Phi) is 5.68. The van der Waals surface area contributed by atoms with Crippen molar-refractivity contribution in [2.75, 3.05) is 0 Å². The summed E-state index contributed by atoms with van der Waals surface area (Å²) in [6.45, 7) is 0.470. The fraction of sp³-hybridized carbons (Fsp3) is 0.0833. The molecule has 0 aliphatic heterocycles. The number of ether oxygens (including phenoxy) is 1. The zero-order valence-corrected chi connectivity index (χ0v) is 16.4. The van der Waals surface area contributed by atoms with Gasteiger partial charge in [0, 0.05) is 12.4 Å². The van der Waals surface area contributed by atoms with E-state index in [1.807, 2.05) is 84.9 Å². The lowest BCUT2D eigenvalue weighted by molar-refractivity contribution is -0.304. The van der Waals surface area contributed by atoms with Gasteiger partial charge < -0.3 is 14.6 Å². The van der Waals surface area contributed by atoms with Gasteiger partial charge in [-0.3, -0.25) is 0 Å². The van der Waals surface area contributed by atoms with E-state index in [4.69, 9.17) is 4.74 Å². The number of carbonyl (C=O) groups is 1. The van der Waals surface area contributed by atoms with Gasteiger partial charge in [-0.2, -0.15) is 0 Å². The van der Waals surface area contributed by atoms with Gasteiger partial charge in [0.1, 0.15) is 17.4 Å². The van der Waals surface area contributed by atoms with E-state index in [1.165, 1.54) is 11.3 Å². The number of hydrogen-bond acceptors (Lipinski definition) is 5. The molecular weight excluding hydrogens is 382 g/mol. The van der Waals surface area contributed by atoms with E-state index in [9.17, 15) is 9.90 Å². The molecule has 0 spiro atoms. The Morgan fingerprint density at radius 1 is 1.00 bits per heavy atom. The second-order valence-corrected chi connectivity index (χ2v) is 7.58. The Morgan fingerprint density at radius 3 is 2.59 bits per heavy atom. The molecule has 0 saturated heterocycles. The van der Waals surface area contributed by atoms with Crippen LogP contribution in [-0.2, 0) is 11.4 Å². The summed E-state index contributed by atoms with van der Waals surface area (Å²) in [5.74, 6) is -0.410. The fourth-order valence-electron chi connectivity index (χ4n) is 2.99. The highest BCUT2D eigenvalue weighted by Gasteiger charge is 2.10. The minimum atomic E-state index is -1.13. The number of rotatable bonds is 7. The van der Waals surface area contributed by atoms with Crippen molar-refractivity contribution < 1.29 is 14.6 Å². The molecule has 4 aromatic rings. The largest absolute Gasteiger partial charge is 0.550 e. The third-order valence-electron chi connectivity index (χ3n) is 4.35. The summed E-state index contributed by atoms with van der Waals surface area (Å²) in [5, 5.41) is 12.0. The first-order chi connectivity index (χ1) is 14.2. The van der Waals surface area contributed by atoms with Crippen LogP contribution in [0, 0.1) is 0 Å². The van der Waals surface area contributed by atoms with Crippen LogP contribution in [0.15, 0.2) is 78.9 Å². The van der Waals surface area contributed by atoms with Crippen molar-refractivity contribution in [1.82, 2.24) is 4.98 Å². The Bertz CT molecular complexity index is 1130. The molecule has 0 fully saturated rings. The van der Waals surface area contributed by atoms with Gasteiger partial charge in [0.05, 0.1) is 10.2 Å². The molecule has 0 atom stereocenters. The van der Waals surface area contributed by atoms with Gasteiger partial charge in [0.15, 0.2) is 0 Å². The maximum Gasteiger partial charge on any atom is 0.120 e. The summed E-state index contributed by atoms with van der Waals surface area (Å²) in [6.07, 6.45) is 1.64. The maximum atomic E-state index is 11.3. The minimum absolute atomic E-state index is 0.199. The molecule has 0 aliphatic rings. The predicted molar refractivity (Wildman–Crippen MR) is 114 cm³/mol. The second-order valence-electron chi connectivity index (χ2n) is 6.55. The molecule has 0 aliphatic carbocycles. The Balaban J connectivity index is 1.61. The second kappa shape index (κ2) is 8.71. The molecule has 0 bridgehead atoms. The third kappa shape index (κ3) is 4.89. The molecular formula is C24H18NO3S-. The number of carbonyl (C=O) groups excluding carboxylic acids is 1. The SMILES string of the molecule is O=C([O-])C/C(=C\c1cccc(OCc2ccccc2)c1)c1nc2ccccc2s1. The number of fused-ring (bicyclic) bond motifs is 1. The zero-order chi connectivity index (χ0) is 20.1.